The monoisotopic (exact) mass is 360 g/mol. The molecule has 26 heavy (non-hydrogen) atoms. The lowest BCUT2D eigenvalue weighted by Crippen LogP contribution is -2.39. The van der Waals surface area contributed by atoms with Gasteiger partial charge >= 0.3 is 0 Å². The van der Waals surface area contributed by atoms with Gasteiger partial charge in [0, 0.05) is 46.1 Å². The standard InChI is InChI=1S/C20H32N4O2/c1-22-18(3-9-21-22)16-23-10-2-6-20(7-11-23)8-12-24(19(20)25)15-17-4-13-26-14-5-17/h3,9,17H,2,4-8,10-16H2,1H3/t20-/m0/s1. The minimum Gasteiger partial charge on any atom is -0.381 e. The summed E-state index contributed by atoms with van der Waals surface area (Å²) in [6.07, 6.45) is 8.31. The first-order valence-electron chi connectivity index (χ1n) is 10.2. The highest BCUT2D eigenvalue weighted by Gasteiger charge is 2.47. The first-order chi connectivity index (χ1) is 12.7. The van der Waals surface area contributed by atoms with E-state index in [1.165, 1.54) is 5.69 Å². The Morgan fingerprint density at radius 1 is 1.19 bits per heavy atom. The Morgan fingerprint density at radius 3 is 2.77 bits per heavy atom. The van der Waals surface area contributed by atoms with Crippen LogP contribution in [0.3, 0.4) is 0 Å². The van der Waals surface area contributed by atoms with Crippen LogP contribution in [-0.2, 0) is 23.1 Å². The zero-order valence-corrected chi connectivity index (χ0v) is 16.0. The van der Waals surface area contributed by atoms with Crippen LogP contribution in [0.4, 0.5) is 0 Å². The van der Waals surface area contributed by atoms with Crippen LogP contribution >= 0.6 is 0 Å². The number of nitrogens with zero attached hydrogens (tertiary/aromatic N) is 4. The molecule has 6 heteroatoms. The van der Waals surface area contributed by atoms with E-state index < -0.39 is 0 Å². The quantitative estimate of drug-likeness (QED) is 0.825. The third-order valence-corrected chi connectivity index (χ3v) is 6.76. The van der Waals surface area contributed by atoms with Crippen LogP contribution in [0.25, 0.3) is 0 Å². The molecule has 4 rings (SSSR count). The van der Waals surface area contributed by atoms with E-state index in [1.54, 1.807) is 0 Å². The minimum atomic E-state index is -0.0909. The van der Waals surface area contributed by atoms with Gasteiger partial charge in [-0.1, -0.05) is 0 Å². The van der Waals surface area contributed by atoms with Gasteiger partial charge in [-0.15, -0.1) is 0 Å². The van der Waals surface area contributed by atoms with Gasteiger partial charge in [-0.2, -0.15) is 5.10 Å². The summed E-state index contributed by atoms with van der Waals surface area (Å²) in [7, 11) is 2.00. The van der Waals surface area contributed by atoms with Crippen LogP contribution in [0.15, 0.2) is 12.3 Å². The van der Waals surface area contributed by atoms with Gasteiger partial charge in [-0.25, -0.2) is 0 Å². The van der Waals surface area contributed by atoms with Crippen LogP contribution in [0.5, 0.6) is 0 Å². The first kappa shape index (κ1) is 18.0. The number of hydrogen-bond donors (Lipinski definition) is 0. The fraction of sp³-hybridized carbons (Fsp3) is 0.800. The van der Waals surface area contributed by atoms with Crippen molar-refractivity contribution in [3.63, 3.8) is 0 Å². The van der Waals surface area contributed by atoms with Gasteiger partial charge in [0.1, 0.15) is 0 Å². The highest BCUT2D eigenvalue weighted by atomic mass is 16.5. The summed E-state index contributed by atoms with van der Waals surface area (Å²) in [5, 5.41) is 4.27. The van der Waals surface area contributed by atoms with E-state index in [2.05, 4.69) is 21.0 Å². The summed E-state index contributed by atoms with van der Waals surface area (Å²) < 4.78 is 7.42. The van der Waals surface area contributed by atoms with Crippen molar-refractivity contribution < 1.29 is 9.53 Å². The average molecular weight is 361 g/mol. The molecule has 1 atom stereocenters. The number of carbonyl (C=O) groups is 1. The van der Waals surface area contributed by atoms with E-state index in [0.29, 0.717) is 11.8 Å². The maximum atomic E-state index is 13.2. The van der Waals surface area contributed by atoms with E-state index in [1.807, 2.05) is 17.9 Å². The van der Waals surface area contributed by atoms with Crippen molar-refractivity contribution in [2.24, 2.45) is 18.4 Å². The molecule has 0 aliphatic carbocycles. The van der Waals surface area contributed by atoms with Gasteiger partial charge in [0.15, 0.2) is 0 Å². The predicted molar refractivity (Wildman–Crippen MR) is 99.5 cm³/mol. The Bertz CT molecular complexity index is 625. The van der Waals surface area contributed by atoms with Gasteiger partial charge in [-0.05, 0) is 63.6 Å². The molecule has 0 saturated carbocycles. The maximum absolute atomic E-state index is 13.2. The first-order valence-corrected chi connectivity index (χ1v) is 10.2. The lowest BCUT2D eigenvalue weighted by Gasteiger charge is -2.30. The summed E-state index contributed by atoms with van der Waals surface area (Å²) in [5.41, 5.74) is 1.16. The molecule has 1 aromatic rings. The largest absolute Gasteiger partial charge is 0.381 e. The fourth-order valence-corrected chi connectivity index (χ4v) is 4.97. The lowest BCUT2D eigenvalue weighted by molar-refractivity contribution is -0.137. The van der Waals surface area contributed by atoms with Crippen LogP contribution in [0, 0.1) is 11.3 Å². The van der Waals surface area contributed by atoms with Gasteiger partial charge in [0.05, 0.1) is 11.1 Å². The van der Waals surface area contributed by atoms with Crippen molar-refractivity contribution >= 4 is 5.91 Å². The Hall–Kier alpha value is -1.40. The molecule has 0 unspecified atom stereocenters. The van der Waals surface area contributed by atoms with Gasteiger partial charge in [-0.3, -0.25) is 14.4 Å². The third kappa shape index (κ3) is 3.67. The number of aromatic nitrogens is 2. The summed E-state index contributed by atoms with van der Waals surface area (Å²) in [6, 6.07) is 2.09. The molecule has 4 heterocycles. The summed E-state index contributed by atoms with van der Waals surface area (Å²) in [5.74, 6) is 1.07. The molecule has 1 spiro atoms. The second-order valence-corrected chi connectivity index (χ2v) is 8.41. The van der Waals surface area contributed by atoms with Crippen molar-refractivity contribution in [3.05, 3.63) is 18.0 Å². The molecule has 3 fully saturated rings. The molecule has 0 radical (unpaired) electrons. The molecule has 3 saturated heterocycles. The molecule has 1 amide bonds. The van der Waals surface area contributed by atoms with E-state index in [9.17, 15) is 4.79 Å². The highest BCUT2D eigenvalue weighted by Crippen LogP contribution is 2.42. The topological polar surface area (TPSA) is 50.6 Å². The number of ether oxygens (including phenoxy) is 1. The zero-order chi connectivity index (χ0) is 18.0. The summed E-state index contributed by atoms with van der Waals surface area (Å²) in [4.78, 5) is 17.9. The predicted octanol–water partition coefficient (Wildman–Crippen LogP) is 2.05. The van der Waals surface area contributed by atoms with Gasteiger partial charge < -0.3 is 9.64 Å². The van der Waals surface area contributed by atoms with E-state index in [-0.39, 0.29) is 5.41 Å². The fourth-order valence-electron chi connectivity index (χ4n) is 4.97. The van der Waals surface area contributed by atoms with E-state index in [0.717, 1.165) is 84.5 Å². The van der Waals surface area contributed by atoms with Crippen LogP contribution < -0.4 is 0 Å². The van der Waals surface area contributed by atoms with Crippen LogP contribution in [0.2, 0.25) is 0 Å². The average Bonchev–Trinajstić information content (AvgIpc) is 3.10. The number of hydrogen-bond acceptors (Lipinski definition) is 4. The molecule has 0 bridgehead atoms. The molecule has 0 aromatic carbocycles. The number of aryl methyl sites for hydroxylation is 1. The molecule has 144 valence electrons. The molecule has 3 aliphatic rings. The number of rotatable bonds is 4. The molecule has 3 aliphatic heterocycles. The van der Waals surface area contributed by atoms with Gasteiger partial charge in [0.2, 0.25) is 5.91 Å². The Labute approximate surface area is 156 Å². The lowest BCUT2D eigenvalue weighted by atomic mass is 9.79. The van der Waals surface area contributed by atoms with Crippen molar-refractivity contribution in [1.82, 2.24) is 19.6 Å². The normalized spacial score (nSPS) is 28.8. The molecular formula is C20H32N4O2. The van der Waals surface area contributed by atoms with Crippen LogP contribution in [0.1, 0.15) is 44.2 Å². The van der Waals surface area contributed by atoms with E-state index in [4.69, 9.17) is 4.74 Å². The Morgan fingerprint density at radius 2 is 2.00 bits per heavy atom. The Balaban J connectivity index is 1.35. The molecular weight excluding hydrogens is 328 g/mol. The number of carbonyl (C=O) groups excluding carboxylic acids is 1. The number of amides is 1. The van der Waals surface area contributed by atoms with E-state index >= 15 is 0 Å². The van der Waals surface area contributed by atoms with Crippen molar-refractivity contribution in [3.8, 4) is 0 Å². The number of likely N-dealkylation sites (tertiary alicyclic amines) is 2. The van der Waals surface area contributed by atoms with Crippen LogP contribution in [-0.4, -0.2) is 64.9 Å². The third-order valence-electron chi connectivity index (χ3n) is 6.76. The van der Waals surface area contributed by atoms with Crippen molar-refractivity contribution in [1.29, 1.82) is 0 Å². The van der Waals surface area contributed by atoms with Crippen molar-refractivity contribution in [2.75, 3.05) is 39.4 Å². The molecule has 6 nitrogen and oxygen atoms in total. The second kappa shape index (κ2) is 7.69. The van der Waals surface area contributed by atoms with Crippen molar-refractivity contribution in [2.45, 2.75) is 45.1 Å². The smallest absolute Gasteiger partial charge is 0.228 e. The molecule has 1 aromatic heterocycles. The minimum absolute atomic E-state index is 0.0909. The summed E-state index contributed by atoms with van der Waals surface area (Å²) in [6.45, 7) is 6.66. The van der Waals surface area contributed by atoms with Gasteiger partial charge in [0.25, 0.3) is 0 Å². The second-order valence-electron chi connectivity index (χ2n) is 8.41. The maximum Gasteiger partial charge on any atom is 0.228 e. The summed E-state index contributed by atoms with van der Waals surface area (Å²) >= 11 is 0. The zero-order valence-electron chi connectivity index (χ0n) is 16.0. The highest BCUT2D eigenvalue weighted by molar-refractivity contribution is 5.84. The Kier molecular flexibility index (Phi) is 5.32. The molecule has 0 N–H and O–H groups in total. The SMILES string of the molecule is Cn1nccc1CN1CCC[C@]2(CC1)CCN(CC1CCOCC1)C2=O.